The maximum absolute atomic E-state index is 12.1. The van der Waals surface area contributed by atoms with E-state index < -0.39 is 10.0 Å². The number of sulfonamides is 1. The van der Waals surface area contributed by atoms with Crippen molar-refractivity contribution in [2.75, 3.05) is 7.11 Å². The summed E-state index contributed by atoms with van der Waals surface area (Å²) >= 11 is 9.18. The molecule has 4 nitrogen and oxygen atoms in total. The first-order chi connectivity index (χ1) is 8.42. The second-order valence-electron chi connectivity index (χ2n) is 4.22. The molecule has 0 heterocycles. The quantitative estimate of drug-likeness (QED) is 0.904. The molecule has 1 fully saturated rings. The molecule has 1 aromatic rings. The summed E-state index contributed by atoms with van der Waals surface area (Å²) in [6, 6.07) is 4.63. The van der Waals surface area contributed by atoms with Crippen molar-refractivity contribution in [1.29, 1.82) is 0 Å². The van der Waals surface area contributed by atoms with Crippen molar-refractivity contribution in [3.63, 3.8) is 0 Å². The molecule has 7 heteroatoms. The van der Waals surface area contributed by atoms with Gasteiger partial charge < -0.3 is 4.74 Å². The SMILES string of the molecule is COC1CC(NS(=O)(=O)c2ccc(Br)cc2Cl)C1. The minimum absolute atomic E-state index is 0.0698. The summed E-state index contributed by atoms with van der Waals surface area (Å²) < 4.78 is 32.7. The standard InChI is InChI=1S/C11H13BrClNO3S/c1-17-9-5-8(6-9)14-18(15,16)11-3-2-7(12)4-10(11)13/h2-4,8-9,14H,5-6H2,1H3. The van der Waals surface area contributed by atoms with Gasteiger partial charge in [0.2, 0.25) is 10.0 Å². The number of halogens is 2. The molecule has 1 aliphatic rings. The topological polar surface area (TPSA) is 55.4 Å². The highest BCUT2D eigenvalue weighted by Gasteiger charge is 2.33. The number of methoxy groups -OCH3 is 1. The van der Waals surface area contributed by atoms with Crippen molar-refractivity contribution in [2.24, 2.45) is 0 Å². The Kier molecular flexibility index (Phi) is 4.33. The first kappa shape index (κ1) is 14.3. The average Bonchev–Trinajstić information content (AvgIpc) is 2.22. The third kappa shape index (κ3) is 3.05. The summed E-state index contributed by atoms with van der Waals surface area (Å²) in [5, 5.41) is 0.208. The highest BCUT2D eigenvalue weighted by Crippen LogP contribution is 2.28. The Morgan fingerprint density at radius 3 is 2.67 bits per heavy atom. The fraction of sp³-hybridized carbons (Fsp3) is 0.455. The van der Waals surface area contributed by atoms with Gasteiger partial charge in [0, 0.05) is 17.6 Å². The van der Waals surface area contributed by atoms with Gasteiger partial charge in [-0.05, 0) is 31.0 Å². The number of nitrogens with one attached hydrogen (secondary N) is 1. The zero-order valence-corrected chi connectivity index (χ0v) is 12.8. The Morgan fingerprint density at radius 2 is 2.11 bits per heavy atom. The molecule has 0 radical (unpaired) electrons. The minimum atomic E-state index is -3.56. The molecule has 2 rings (SSSR count). The van der Waals surface area contributed by atoms with Gasteiger partial charge in [0.25, 0.3) is 0 Å². The molecule has 0 atom stereocenters. The summed E-state index contributed by atoms with van der Waals surface area (Å²) in [7, 11) is -1.93. The van der Waals surface area contributed by atoms with Gasteiger partial charge in [0.1, 0.15) is 4.90 Å². The first-order valence-electron chi connectivity index (χ1n) is 5.42. The average molecular weight is 355 g/mol. The fourth-order valence-corrected chi connectivity index (χ4v) is 4.13. The van der Waals surface area contributed by atoms with E-state index in [-0.39, 0.29) is 22.1 Å². The van der Waals surface area contributed by atoms with Gasteiger partial charge in [-0.2, -0.15) is 0 Å². The van der Waals surface area contributed by atoms with E-state index >= 15 is 0 Å². The van der Waals surface area contributed by atoms with Crippen LogP contribution in [-0.2, 0) is 14.8 Å². The Bertz CT molecular complexity index is 543. The van der Waals surface area contributed by atoms with Crippen LogP contribution in [0, 0.1) is 0 Å². The maximum atomic E-state index is 12.1. The molecule has 0 amide bonds. The zero-order valence-electron chi connectivity index (χ0n) is 9.69. The second kappa shape index (κ2) is 5.46. The van der Waals surface area contributed by atoms with Gasteiger partial charge in [0.05, 0.1) is 11.1 Å². The van der Waals surface area contributed by atoms with Gasteiger partial charge in [-0.25, -0.2) is 13.1 Å². The molecule has 100 valence electrons. The van der Waals surface area contributed by atoms with Crippen LogP contribution in [0.5, 0.6) is 0 Å². The van der Waals surface area contributed by atoms with E-state index in [1.165, 1.54) is 6.07 Å². The number of hydrogen-bond acceptors (Lipinski definition) is 3. The van der Waals surface area contributed by atoms with Crippen LogP contribution < -0.4 is 4.72 Å². The molecule has 1 aliphatic carbocycles. The fourth-order valence-electron chi connectivity index (χ4n) is 1.83. The van der Waals surface area contributed by atoms with Crippen LogP contribution in [0.3, 0.4) is 0 Å². The Labute approximate surface area is 120 Å². The summed E-state index contributed by atoms with van der Waals surface area (Å²) in [6.07, 6.45) is 1.55. The first-order valence-corrected chi connectivity index (χ1v) is 8.08. The van der Waals surface area contributed by atoms with Gasteiger partial charge >= 0.3 is 0 Å². The van der Waals surface area contributed by atoms with E-state index in [2.05, 4.69) is 20.7 Å². The molecule has 0 saturated heterocycles. The molecular formula is C11H13BrClNO3S. The Morgan fingerprint density at radius 1 is 1.44 bits per heavy atom. The highest BCUT2D eigenvalue weighted by molar-refractivity contribution is 9.10. The highest BCUT2D eigenvalue weighted by atomic mass is 79.9. The van der Waals surface area contributed by atoms with Crippen LogP contribution in [-0.4, -0.2) is 27.7 Å². The monoisotopic (exact) mass is 353 g/mol. The molecule has 0 aromatic heterocycles. The van der Waals surface area contributed by atoms with Gasteiger partial charge in [-0.3, -0.25) is 0 Å². The predicted octanol–water partition coefficient (Wildman–Crippen LogP) is 2.56. The van der Waals surface area contributed by atoms with Crippen molar-refractivity contribution >= 4 is 37.6 Å². The van der Waals surface area contributed by atoms with Crippen molar-refractivity contribution < 1.29 is 13.2 Å². The van der Waals surface area contributed by atoms with Gasteiger partial charge in [-0.1, -0.05) is 27.5 Å². The molecule has 0 bridgehead atoms. The summed E-state index contributed by atoms with van der Waals surface area (Å²) in [5.74, 6) is 0. The van der Waals surface area contributed by atoms with Crippen LogP contribution in [0.4, 0.5) is 0 Å². The molecule has 1 N–H and O–H groups in total. The summed E-state index contributed by atoms with van der Waals surface area (Å²) in [5.41, 5.74) is 0. The number of rotatable bonds is 4. The molecule has 1 aromatic carbocycles. The largest absolute Gasteiger partial charge is 0.381 e. The number of hydrogen-bond donors (Lipinski definition) is 1. The molecule has 1 saturated carbocycles. The summed E-state index contributed by atoms with van der Waals surface area (Å²) in [4.78, 5) is 0.105. The third-order valence-electron chi connectivity index (χ3n) is 2.93. The Balaban J connectivity index is 2.11. The van der Waals surface area contributed by atoms with Crippen LogP contribution in [0.1, 0.15) is 12.8 Å². The van der Waals surface area contributed by atoms with Gasteiger partial charge in [0.15, 0.2) is 0 Å². The van der Waals surface area contributed by atoms with E-state index in [1.54, 1.807) is 19.2 Å². The van der Waals surface area contributed by atoms with E-state index in [0.717, 1.165) is 4.47 Å². The van der Waals surface area contributed by atoms with E-state index in [9.17, 15) is 8.42 Å². The predicted molar refractivity (Wildman–Crippen MR) is 73.3 cm³/mol. The van der Waals surface area contributed by atoms with Crippen LogP contribution in [0.25, 0.3) is 0 Å². The van der Waals surface area contributed by atoms with E-state index in [4.69, 9.17) is 16.3 Å². The summed E-state index contributed by atoms with van der Waals surface area (Å²) in [6.45, 7) is 0. The zero-order chi connectivity index (χ0) is 13.3. The minimum Gasteiger partial charge on any atom is -0.381 e. The molecule has 18 heavy (non-hydrogen) atoms. The smallest absolute Gasteiger partial charge is 0.242 e. The van der Waals surface area contributed by atoms with Crippen molar-refractivity contribution in [3.8, 4) is 0 Å². The van der Waals surface area contributed by atoms with Crippen molar-refractivity contribution in [2.45, 2.75) is 29.9 Å². The lowest BCUT2D eigenvalue weighted by molar-refractivity contribution is 0.0236. The molecule has 0 aliphatic heterocycles. The maximum Gasteiger partial charge on any atom is 0.242 e. The molecule has 0 spiro atoms. The van der Waals surface area contributed by atoms with Crippen LogP contribution in [0.15, 0.2) is 27.6 Å². The lowest BCUT2D eigenvalue weighted by Crippen LogP contribution is -2.47. The third-order valence-corrected chi connectivity index (χ3v) is 5.43. The number of benzene rings is 1. The lowest BCUT2D eigenvalue weighted by Gasteiger charge is -2.34. The van der Waals surface area contributed by atoms with Crippen LogP contribution in [0.2, 0.25) is 5.02 Å². The van der Waals surface area contributed by atoms with Gasteiger partial charge in [-0.15, -0.1) is 0 Å². The van der Waals surface area contributed by atoms with Crippen LogP contribution >= 0.6 is 27.5 Å². The van der Waals surface area contributed by atoms with Crippen molar-refractivity contribution in [1.82, 2.24) is 4.72 Å². The second-order valence-corrected chi connectivity index (χ2v) is 7.23. The molecular weight excluding hydrogens is 342 g/mol. The number of ether oxygens (including phenoxy) is 1. The van der Waals surface area contributed by atoms with E-state index in [0.29, 0.717) is 12.8 Å². The Hall–Kier alpha value is -0.140. The van der Waals surface area contributed by atoms with E-state index in [1.807, 2.05) is 0 Å². The lowest BCUT2D eigenvalue weighted by atomic mass is 9.90. The molecule has 0 unspecified atom stereocenters. The normalized spacial score (nSPS) is 23.7. The van der Waals surface area contributed by atoms with Crippen molar-refractivity contribution in [3.05, 3.63) is 27.7 Å².